The first-order valence-corrected chi connectivity index (χ1v) is 9.59. The van der Waals surface area contributed by atoms with E-state index >= 15 is 0 Å². The van der Waals surface area contributed by atoms with Crippen molar-refractivity contribution in [3.05, 3.63) is 60.2 Å². The molecule has 3 N–H and O–H groups in total. The maximum atomic E-state index is 13.2. The fraction of sp³-hybridized carbons (Fsp3) is 0.261. The average Bonchev–Trinajstić information content (AvgIpc) is 2.71. The number of benzene rings is 3. The summed E-state index contributed by atoms with van der Waals surface area (Å²) in [6, 6.07) is 16.2. The molecule has 2 atom stereocenters. The SMILES string of the molecule is CCOC(=O)[C@H](C)C[C@H](NC(=O)c1c2ccccc2cc2ccccc12)C(N)=O. The maximum Gasteiger partial charge on any atom is 0.308 e. The molecule has 0 aromatic heterocycles. The number of hydrogen-bond acceptors (Lipinski definition) is 4. The number of carbonyl (C=O) groups is 3. The predicted molar refractivity (Wildman–Crippen MR) is 112 cm³/mol. The van der Waals surface area contributed by atoms with E-state index in [9.17, 15) is 14.4 Å². The van der Waals surface area contributed by atoms with E-state index in [4.69, 9.17) is 10.5 Å². The Kier molecular flexibility index (Phi) is 6.12. The molecule has 3 rings (SSSR count). The third-order valence-corrected chi connectivity index (χ3v) is 4.93. The van der Waals surface area contributed by atoms with Gasteiger partial charge in [-0.25, -0.2) is 0 Å². The molecule has 6 nitrogen and oxygen atoms in total. The standard InChI is InChI=1S/C23H24N2O4/c1-3-29-23(28)14(2)12-19(21(24)26)25-22(27)20-17-10-6-4-8-15(17)13-16-9-5-7-11-18(16)20/h4-11,13-14,19H,3,12H2,1-2H3,(H2,24,26)(H,25,27)/t14-,19+/m1/s1. The summed E-state index contributed by atoms with van der Waals surface area (Å²) in [6.07, 6.45) is 0.0720. The normalized spacial score (nSPS) is 13.0. The van der Waals surface area contributed by atoms with E-state index in [0.717, 1.165) is 21.5 Å². The van der Waals surface area contributed by atoms with Crippen LogP contribution in [0.1, 0.15) is 30.6 Å². The number of esters is 1. The van der Waals surface area contributed by atoms with Crippen molar-refractivity contribution < 1.29 is 19.1 Å². The molecular weight excluding hydrogens is 368 g/mol. The van der Waals surface area contributed by atoms with Crippen molar-refractivity contribution >= 4 is 39.3 Å². The summed E-state index contributed by atoms with van der Waals surface area (Å²) in [5, 5.41) is 6.14. The van der Waals surface area contributed by atoms with Gasteiger partial charge in [0.1, 0.15) is 6.04 Å². The summed E-state index contributed by atoms with van der Waals surface area (Å²) < 4.78 is 4.99. The third kappa shape index (κ3) is 4.37. The van der Waals surface area contributed by atoms with Crippen LogP contribution in [0.4, 0.5) is 0 Å². The first kappa shape index (κ1) is 20.3. The topological polar surface area (TPSA) is 98.5 Å². The van der Waals surface area contributed by atoms with Crippen LogP contribution >= 0.6 is 0 Å². The van der Waals surface area contributed by atoms with Crippen molar-refractivity contribution in [2.24, 2.45) is 11.7 Å². The van der Waals surface area contributed by atoms with Gasteiger partial charge in [0, 0.05) is 0 Å². The predicted octanol–water partition coefficient (Wildman–Crippen LogP) is 3.17. The summed E-state index contributed by atoms with van der Waals surface area (Å²) in [5.41, 5.74) is 5.99. The minimum absolute atomic E-state index is 0.0720. The van der Waals surface area contributed by atoms with E-state index in [-0.39, 0.29) is 13.0 Å². The van der Waals surface area contributed by atoms with Crippen molar-refractivity contribution in [1.29, 1.82) is 0 Å². The van der Waals surface area contributed by atoms with Crippen molar-refractivity contribution in [3.8, 4) is 0 Å². The van der Waals surface area contributed by atoms with Crippen molar-refractivity contribution in [3.63, 3.8) is 0 Å². The number of carbonyl (C=O) groups excluding carboxylic acids is 3. The van der Waals surface area contributed by atoms with Crippen LogP contribution in [-0.4, -0.2) is 30.4 Å². The second-order valence-corrected chi connectivity index (χ2v) is 7.01. The Bertz CT molecular complexity index is 1020. The Labute approximate surface area is 169 Å². The van der Waals surface area contributed by atoms with Gasteiger partial charge in [0.25, 0.3) is 5.91 Å². The highest BCUT2D eigenvalue weighted by atomic mass is 16.5. The summed E-state index contributed by atoms with van der Waals surface area (Å²) >= 11 is 0. The van der Waals surface area contributed by atoms with Crippen LogP contribution in [0.5, 0.6) is 0 Å². The van der Waals surface area contributed by atoms with Crippen molar-refractivity contribution in [1.82, 2.24) is 5.32 Å². The van der Waals surface area contributed by atoms with Gasteiger partial charge < -0.3 is 15.8 Å². The quantitative estimate of drug-likeness (QED) is 0.477. The molecule has 0 heterocycles. The zero-order chi connectivity index (χ0) is 21.0. The molecule has 0 aliphatic rings. The Balaban J connectivity index is 1.97. The molecule has 0 aliphatic heterocycles. The Hall–Kier alpha value is -3.41. The Morgan fingerprint density at radius 3 is 2.07 bits per heavy atom. The number of fused-ring (bicyclic) bond motifs is 2. The van der Waals surface area contributed by atoms with Crippen LogP contribution in [0.3, 0.4) is 0 Å². The average molecular weight is 392 g/mol. The molecule has 0 aliphatic carbocycles. The summed E-state index contributed by atoms with van der Waals surface area (Å²) in [7, 11) is 0. The van der Waals surface area contributed by atoms with Crippen LogP contribution in [0.15, 0.2) is 54.6 Å². The smallest absolute Gasteiger partial charge is 0.308 e. The molecule has 0 radical (unpaired) electrons. The number of primary amides is 1. The van der Waals surface area contributed by atoms with Gasteiger partial charge in [0.2, 0.25) is 5.91 Å². The monoisotopic (exact) mass is 392 g/mol. The highest BCUT2D eigenvalue weighted by molar-refractivity contribution is 6.18. The number of amides is 2. The molecule has 29 heavy (non-hydrogen) atoms. The molecule has 0 bridgehead atoms. The third-order valence-electron chi connectivity index (χ3n) is 4.93. The first-order valence-electron chi connectivity index (χ1n) is 9.59. The minimum atomic E-state index is -0.986. The molecule has 0 spiro atoms. The molecule has 0 unspecified atom stereocenters. The van der Waals surface area contributed by atoms with E-state index in [0.29, 0.717) is 5.56 Å². The number of nitrogens with two attached hydrogens (primary N) is 1. The molecule has 0 saturated carbocycles. The van der Waals surface area contributed by atoms with Gasteiger partial charge in [-0.3, -0.25) is 14.4 Å². The number of rotatable bonds is 7. The van der Waals surface area contributed by atoms with Crippen molar-refractivity contribution in [2.45, 2.75) is 26.3 Å². The fourth-order valence-corrected chi connectivity index (χ4v) is 3.47. The highest BCUT2D eigenvalue weighted by Gasteiger charge is 2.26. The van der Waals surface area contributed by atoms with E-state index in [1.165, 1.54) is 0 Å². The molecule has 3 aromatic rings. The van der Waals surface area contributed by atoms with Gasteiger partial charge in [0.15, 0.2) is 0 Å². The van der Waals surface area contributed by atoms with E-state index in [1.54, 1.807) is 13.8 Å². The van der Waals surface area contributed by atoms with Gasteiger partial charge in [0.05, 0.1) is 18.1 Å². The minimum Gasteiger partial charge on any atom is -0.466 e. The Morgan fingerprint density at radius 1 is 1.00 bits per heavy atom. The largest absolute Gasteiger partial charge is 0.466 e. The van der Waals surface area contributed by atoms with E-state index in [2.05, 4.69) is 5.32 Å². The van der Waals surface area contributed by atoms with Crippen LogP contribution < -0.4 is 11.1 Å². The van der Waals surface area contributed by atoms with Crippen LogP contribution in [0.25, 0.3) is 21.5 Å². The summed E-state index contributed by atoms with van der Waals surface area (Å²) in [4.78, 5) is 37.1. The molecular formula is C23H24N2O4. The molecule has 6 heteroatoms. The molecule has 2 amide bonds. The zero-order valence-electron chi connectivity index (χ0n) is 16.5. The number of ether oxygens (including phenoxy) is 1. The summed E-state index contributed by atoms with van der Waals surface area (Å²) in [5.74, 6) is -2.10. The zero-order valence-corrected chi connectivity index (χ0v) is 16.5. The maximum absolute atomic E-state index is 13.2. The lowest BCUT2D eigenvalue weighted by atomic mass is 9.95. The van der Waals surface area contributed by atoms with Gasteiger partial charge in [-0.05, 0) is 41.0 Å². The highest BCUT2D eigenvalue weighted by Crippen LogP contribution is 2.28. The van der Waals surface area contributed by atoms with E-state index in [1.807, 2.05) is 54.6 Å². The molecule has 150 valence electrons. The van der Waals surface area contributed by atoms with Gasteiger partial charge in [-0.2, -0.15) is 0 Å². The van der Waals surface area contributed by atoms with Gasteiger partial charge in [-0.15, -0.1) is 0 Å². The van der Waals surface area contributed by atoms with E-state index < -0.39 is 29.7 Å². The molecule has 3 aromatic carbocycles. The second kappa shape index (κ2) is 8.73. The summed E-state index contributed by atoms with van der Waals surface area (Å²) in [6.45, 7) is 3.61. The number of hydrogen-bond donors (Lipinski definition) is 2. The first-order chi connectivity index (χ1) is 13.9. The lowest BCUT2D eigenvalue weighted by Gasteiger charge is -2.20. The lowest BCUT2D eigenvalue weighted by Crippen LogP contribution is -2.46. The Morgan fingerprint density at radius 2 is 1.55 bits per heavy atom. The van der Waals surface area contributed by atoms with Crippen LogP contribution in [0, 0.1) is 5.92 Å². The van der Waals surface area contributed by atoms with Gasteiger partial charge >= 0.3 is 5.97 Å². The van der Waals surface area contributed by atoms with Crippen molar-refractivity contribution in [2.75, 3.05) is 6.61 Å². The molecule has 0 saturated heterocycles. The lowest BCUT2D eigenvalue weighted by molar-refractivity contribution is -0.147. The van der Waals surface area contributed by atoms with Gasteiger partial charge in [-0.1, -0.05) is 55.5 Å². The molecule has 0 fully saturated rings. The number of nitrogens with one attached hydrogen (secondary N) is 1. The fourth-order valence-electron chi connectivity index (χ4n) is 3.47. The van der Waals surface area contributed by atoms with Crippen LogP contribution in [0.2, 0.25) is 0 Å². The van der Waals surface area contributed by atoms with Crippen LogP contribution in [-0.2, 0) is 14.3 Å². The second-order valence-electron chi connectivity index (χ2n) is 7.01.